The first kappa shape index (κ1) is 16.7. The molecule has 1 aliphatic rings. The molecule has 5 nitrogen and oxygen atoms in total. The van der Waals surface area contributed by atoms with Crippen molar-refractivity contribution in [1.29, 1.82) is 0 Å². The Balaban J connectivity index is 1.92. The summed E-state index contributed by atoms with van der Waals surface area (Å²) < 4.78 is 27.1. The van der Waals surface area contributed by atoms with Gasteiger partial charge >= 0.3 is 0 Å². The number of hydrogen-bond acceptors (Lipinski definition) is 4. The molecule has 1 atom stereocenters. The maximum Gasteiger partial charge on any atom is 0.240 e. The van der Waals surface area contributed by atoms with Crippen LogP contribution >= 0.6 is 11.6 Å². The van der Waals surface area contributed by atoms with Crippen molar-refractivity contribution in [3.8, 4) is 0 Å². The number of rotatable bonds is 5. The Labute approximate surface area is 131 Å². The van der Waals surface area contributed by atoms with Gasteiger partial charge in [0.2, 0.25) is 10.0 Å². The Morgan fingerprint density at radius 2 is 1.95 bits per heavy atom. The Bertz CT molecular complexity index is 571. The van der Waals surface area contributed by atoms with Gasteiger partial charge in [0, 0.05) is 43.8 Å². The van der Waals surface area contributed by atoms with Crippen LogP contribution in [0.5, 0.6) is 0 Å². The standard InChI is InChI=1S/C14H22ClN3O2S/c1-12(18-8-6-17(2)7-9-18)11-16-21(19,20)14-5-3-4-13(15)10-14/h3-5,10,12,16H,6-9,11H2,1-2H3/t12-/m1/s1. The van der Waals surface area contributed by atoms with Gasteiger partial charge in [0.1, 0.15) is 0 Å². The third kappa shape index (κ3) is 4.66. The highest BCUT2D eigenvalue weighted by atomic mass is 35.5. The molecule has 0 radical (unpaired) electrons. The van der Waals surface area contributed by atoms with Crippen molar-refractivity contribution < 1.29 is 8.42 Å². The zero-order chi connectivity index (χ0) is 15.5. The van der Waals surface area contributed by atoms with Crippen molar-refractivity contribution >= 4 is 21.6 Å². The van der Waals surface area contributed by atoms with Gasteiger partial charge in [-0.2, -0.15) is 0 Å². The average molecular weight is 332 g/mol. The van der Waals surface area contributed by atoms with E-state index in [0.717, 1.165) is 26.2 Å². The van der Waals surface area contributed by atoms with E-state index >= 15 is 0 Å². The molecular weight excluding hydrogens is 310 g/mol. The molecular formula is C14H22ClN3O2S. The van der Waals surface area contributed by atoms with E-state index in [-0.39, 0.29) is 10.9 Å². The van der Waals surface area contributed by atoms with Crippen LogP contribution in [0, 0.1) is 0 Å². The first-order chi connectivity index (χ1) is 9.88. The number of likely N-dealkylation sites (N-methyl/N-ethyl adjacent to an activating group) is 1. The lowest BCUT2D eigenvalue weighted by molar-refractivity contribution is 0.120. The van der Waals surface area contributed by atoms with Crippen LogP contribution in [0.3, 0.4) is 0 Å². The van der Waals surface area contributed by atoms with E-state index in [9.17, 15) is 8.42 Å². The largest absolute Gasteiger partial charge is 0.304 e. The smallest absolute Gasteiger partial charge is 0.240 e. The summed E-state index contributed by atoms with van der Waals surface area (Å²) in [5, 5.41) is 0.421. The van der Waals surface area contributed by atoms with E-state index in [1.807, 2.05) is 6.92 Å². The molecule has 1 fully saturated rings. The van der Waals surface area contributed by atoms with Crippen LogP contribution < -0.4 is 4.72 Å². The van der Waals surface area contributed by atoms with Gasteiger partial charge in [0.15, 0.2) is 0 Å². The molecule has 0 spiro atoms. The van der Waals surface area contributed by atoms with Gasteiger partial charge in [-0.1, -0.05) is 17.7 Å². The number of hydrogen-bond donors (Lipinski definition) is 1. The Kier molecular flexibility index (Phi) is 5.62. The Morgan fingerprint density at radius 3 is 2.57 bits per heavy atom. The molecule has 1 aromatic carbocycles. The van der Waals surface area contributed by atoms with Crippen molar-refractivity contribution in [1.82, 2.24) is 14.5 Å². The molecule has 0 aromatic heterocycles. The Morgan fingerprint density at radius 1 is 1.29 bits per heavy atom. The van der Waals surface area contributed by atoms with Crippen molar-refractivity contribution in [3.05, 3.63) is 29.3 Å². The Hall–Kier alpha value is -0.660. The zero-order valence-electron chi connectivity index (χ0n) is 12.4. The number of piperazine rings is 1. The van der Waals surface area contributed by atoms with Crippen LogP contribution in [-0.2, 0) is 10.0 Å². The SMILES string of the molecule is C[C@H](CNS(=O)(=O)c1cccc(Cl)c1)N1CCN(C)CC1. The van der Waals surface area contributed by atoms with Crippen LogP contribution in [0.25, 0.3) is 0 Å². The van der Waals surface area contributed by atoms with Gasteiger partial charge in [-0.15, -0.1) is 0 Å². The highest BCUT2D eigenvalue weighted by Gasteiger charge is 2.21. The molecule has 118 valence electrons. The number of nitrogens with zero attached hydrogens (tertiary/aromatic N) is 2. The van der Waals surface area contributed by atoms with E-state index < -0.39 is 10.0 Å². The van der Waals surface area contributed by atoms with E-state index in [1.165, 1.54) is 6.07 Å². The first-order valence-corrected chi connectivity index (χ1v) is 8.92. The van der Waals surface area contributed by atoms with E-state index in [1.54, 1.807) is 18.2 Å². The molecule has 1 heterocycles. The molecule has 21 heavy (non-hydrogen) atoms. The molecule has 0 unspecified atom stereocenters. The number of sulfonamides is 1. The molecule has 1 N–H and O–H groups in total. The molecule has 0 saturated carbocycles. The van der Waals surface area contributed by atoms with E-state index in [0.29, 0.717) is 11.6 Å². The molecule has 7 heteroatoms. The first-order valence-electron chi connectivity index (χ1n) is 7.06. The molecule has 2 rings (SSSR count). The summed E-state index contributed by atoms with van der Waals surface area (Å²) in [7, 11) is -1.40. The molecule has 1 saturated heterocycles. The van der Waals surface area contributed by atoms with Gasteiger partial charge in [-0.05, 0) is 32.2 Å². The normalized spacial score (nSPS) is 19.6. The summed E-state index contributed by atoms with van der Waals surface area (Å²) >= 11 is 5.84. The van der Waals surface area contributed by atoms with Crippen molar-refractivity contribution in [2.75, 3.05) is 39.8 Å². The highest BCUT2D eigenvalue weighted by molar-refractivity contribution is 7.89. The minimum Gasteiger partial charge on any atom is -0.304 e. The fourth-order valence-electron chi connectivity index (χ4n) is 2.34. The number of nitrogens with one attached hydrogen (secondary N) is 1. The lowest BCUT2D eigenvalue weighted by Crippen LogP contribution is -2.51. The summed E-state index contributed by atoms with van der Waals surface area (Å²) in [4.78, 5) is 4.79. The summed E-state index contributed by atoms with van der Waals surface area (Å²) in [6.45, 7) is 6.42. The van der Waals surface area contributed by atoms with E-state index in [4.69, 9.17) is 11.6 Å². The van der Waals surface area contributed by atoms with Crippen LogP contribution in [0.2, 0.25) is 5.02 Å². The minimum atomic E-state index is -3.50. The predicted molar refractivity (Wildman–Crippen MR) is 85.2 cm³/mol. The van der Waals surface area contributed by atoms with Gasteiger partial charge in [0.05, 0.1) is 4.90 Å². The molecule has 0 amide bonds. The fraction of sp³-hybridized carbons (Fsp3) is 0.571. The van der Waals surface area contributed by atoms with Crippen molar-refractivity contribution in [3.63, 3.8) is 0 Å². The summed E-state index contributed by atoms with van der Waals surface area (Å²) in [6.07, 6.45) is 0. The molecule has 0 aliphatic carbocycles. The topological polar surface area (TPSA) is 52.7 Å². The molecule has 0 bridgehead atoms. The van der Waals surface area contributed by atoms with Gasteiger partial charge < -0.3 is 4.90 Å². The monoisotopic (exact) mass is 331 g/mol. The van der Waals surface area contributed by atoms with Gasteiger partial charge in [-0.3, -0.25) is 4.90 Å². The predicted octanol–water partition coefficient (Wildman–Crippen LogP) is 1.25. The van der Waals surface area contributed by atoms with Crippen molar-refractivity contribution in [2.24, 2.45) is 0 Å². The maximum atomic E-state index is 12.2. The summed E-state index contributed by atoms with van der Waals surface area (Å²) in [5.41, 5.74) is 0. The molecule has 1 aromatic rings. The second-order valence-corrected chi connectivity index (χ2v) is 7.70. The molecule has 1 aliphatic heterocycles. The lowest BCUT2D eigenvalue weighted by Gasteiger charge is -2.36. The summed E-state index contributed by atoms with van der Waals surface area (Å²) in [5.74, 6) is 0. The quantitative estimate of drug-likeness (QED) is 0.882. The lowest BCUT2D eigenvalue weighted by atomic mass is 10.2. The number of halogens is 1. The highest BCUT2D eigenvalue weighted by Crippen LogP contribution is 2.15. The van der Waals surface area contributed by atoms with Crippen LogP contribution in [0.15, 0.2) is 29.2 Å². The zero-order valence-corrected chi connectivity index (χ0v) is 14.0. The third-order valence-corrected chi connectivity index (χ3v) is 5.49. The van der Waals surface area contributed by atoms with Crippen LogP contribution in [-0.4, -0.2) is 64.0 Å². The van der Waals surface area contributed by atoms with Crippen LogP contribution in [0.4, 0.5) is 0 Å². The fourth-order valence-corrected chi connectivity index (χ4v) is 3.76. The maximum absolute atomic E-state index is 12.2. The van der Waals surface area contributed by atoms with E-state index in [2.05, 4.69) is 21.6 Å². The second kappa shape index (κ2) is 7.07. The number of benzene rings is 1. The average Bonchev–Trinajstić information content (AvgIpc) is 2.45. The van der Waals surface area contributed by atoms with Crippen LogP contribution in [0.1, 0.15) is 6.92 Å². The van der Waals surface area contributed by atoms with Gasteiger partial charge in [-0.25, -0.2) is 13.1 Å². The minimum absolute atomic E-state index is 0.174. The second-order valence-electron chi connectivity index (χ2n) is 5.50. The summed E-state index contributed by atoms with van der Waals surface area (Å²) in [6, 6.07) is 6.49. The third-order valence-electron chi connectivity index (χ3n) is 3.84. The van der Waals surface area contributed by atoms with Crippen molar-refractivity contribution in [2.45, 2.75) is 17.9 Å². The van der Waals surface area contributed by atoms with Gasteiger partial charge in [0.25, 0.3) is 0 Å².